The Morgan fingerprint density at radius 2 is 2.42 bits per heavy atom. The van der Waals surface area contributed by atoms with Crippen molar-refractivity contribution in [1.82, 2.24) is 4.98 Å². The van der Waals surface area contributed by atoms with E-state index in [0.29, 0.717) is 10.0 Å². The van der Waals surface area contributed by atoms with Gasteiger partial charge in [0.15, 0.2) is 0 Å². The van der Waals surface area contributed by atoms with Crippen LogP contribution in [0.1, 0.15) is 5.56 Å². The molecule has 0 radical (unpaired) electrons. The van der Waals surface area contributed by atoms with E-state index in [-0.39, 0.29) is 0 Å². The Balaban J connectivity index is 3.07. The highest BCUT2D eigenvalue weighted by molar-refractivity contribution is 9.10. The van der Waals surface area contributed by atoms with Crippen molar-refractivity contribution in [2.45, 2.75) is 0 Å². The molecule has 0 saturated carbocycles. The van der Waals surface area contributed by atoms with Crippen molar-refractivity contribution in [3.8, 4) is 6.07 Å². The molecule has 0 aliphatic carbocycles. The van der Waals surface area contributed by atoms with Gasteiger partial charge in [0.05, 0.1) is 6.07 Å². The van der Waals surface area contributed by atoms with Crippen LogP contribution in [0.4, 0.5) is 4.39 Å². The summed E-state index contributed by atoms with van der Waals surface area (Å²) in [5.41, 5.74) is 0.297. The highest BCUT2D eigenvalue weighted by Gasteiger charge is 1.99. The summed E-state index contributed by atoms with van der Waals surface area (Å²) in [6.07, 6.45) is 3.93. The Morgan fingerprint density at radius 3 is 3.08 bits per heavy atom. The second-order valence-electron chi connectivity index (χ2n) is 2.00. The lowest BCUT2D eigenvalue weighted by molar-refractivity contribution is 0.580. The van der Waals surface area contributed by atoms with Crippen LogP contribution in [-0.4, -0.2) is 4.98 Å². The molecule has 1 aromatic heterocycles. The molecule has 0 unspecified atom stereocenters. The fourth-order valence-corrected chi connectivity index (χ4v) is 1.03. The van der Waals surface area contributed by atoms with E-state index in [0.717, 1.165) is 0 Å². The predicted molar refractivity (Wildman–Crippen MR) is 46.5 cm³/mol. The Bertz CT molecular complexity index is 355. The van der Waals surface area contributed by atoms with E-state index in [2.05, 4.69) is 20.9 Å². The molecule has 0 aromatic carbocycles. The van der Waals surface area contributed by atoms with Crippen LogP contribution in [0.25, 0.3) is 6.08 Å². The second kappa shape index (κ2) is 3.98. The molecule has 12 heavy (non-hydrogen) atoms. The minimum Gasteiger partial charge on any atom is -0.227 e. The molecule has 1 rings (SSSR count). The predicted octanol–water partition coefficient (Wildman–Crippen LogP) is 2.52. The van der Waals surface area contributed by atoms with Gasteiger partial charge < -0.3 is 0 Å². The second-order valence-corrected chi connectivity index (χ2v) is 2.91. The van der Waals surface area contributed by atoms with Crippen molar-refractivity contribution < 1.29 is 4.39 Å². The average Bonchev–Trinajstić information content (AvgIpc) is 2.07. The summed E-state index contributed by atoms with van der Waals surface area (Å²) in [5, 5.41) is 8.20. The molecule has 0 fully saturated rings. The quantitative estimate of drug-likeness (QED) is 0.545. The van der Waals surface area contributed by atoms with Gasteiger partial charge in [0, 0.05) is 22.3 Å². The summed E-state index contributed by atoms with van der Waals surface area (Å²) in [6, 6.07) is 3.32. The lowest BCUT2D eigenvalue weighted by Crippen LogP contribution is -1.86. The largest absolute Gasteiger partial charge is 0.227 e. The average molecular weight is 227 g/mol. The number of hydrogen-bond acceptors (Lipinski definition) is 2. The Kier molecular flexibility index (Phi) is 2.94. The van der Waals surface area contributed by atoms with E-state index in [9.17, 15) is 4.39 Å². The molecule has 0 aliphatic heterocycles. The first-order chi connectivity index (χ1) is 5.74. The van der Waals surface area contributed by atoms with Gasteiger partial charge in [0.1, 0.15) is 0 Å². The number of nitrogens with zero attached hydrogens (tertiary/aromatic N) is 2. The Morgan fingerprint density at radius 1 is 1.67 bits per heavy atom. The van der Waals surface area contributed by atoms with Gasteiger partial charge in [0.2, 0.25) is 5.95 Å². The van der Waals surface area contributed by atoms with Gasteiger partial charge in [-0.15, -0.1) is 0 Å². The molecule has 0 spiro atoms. The smallest absolute Gasteiger partial charge is 0.220 e. The molecule has 1 aromatic rings. The summed E-state index contributed by atoms with van der Waals surface area (Å²) in [7, 11) is 0. The fraction of sp³-hybridized carbons (Fsp3) is 0. The highest BCUT2D eigenvalue weighted by Crippen LogP contribution is 2.13. The molecule has 0 saturated heterocycles. The van der Waals surface area contributed by atoms with Crippen LogP contribution in [0.2, 0.25) is 0 Å². The van der Waals surface area contributed by atoms with E-state index in [1.807, 2.05) is 0 Å². The molecule has 4 heteroatoms. The molecule has 0 amide bonds. The van der Waals surface area contributed by atoms with Crippen LogP contribution in [0.5, 0.6) is 0 Å². The zero-order valence-corrected chi connectivity index (χ0v) is 7.55. The molecular weight excluding hydrogens is 223 g/mol. The highest BCUT2D eigenvalue weighted by atomic mass is 79.9. The van der Waals surface area contributed by atoms with Crippen LogP contribution in [-0.2, 0) is 0 Å². The Hall–Kier alpha value is -1.21. The zero-order valence-electron chi connectivity index (χ0n) is 5.96. The van der Waals surface area contributed by atoms with Gasteiger partial charge in [-0.1, -0.05) is 0 Å². The lowest BCUT2D eigenvalue weighted by Gasteiger charge is -1.94. The number of halogens is 2. The number of hydrogen-bond donors (Lipinski definition) is 0. The standard InChI is InChI=1S/C8H4BrFN2/c9-7-4-6(2-1-3-11)8(10)12-5-7/h1-2,4-5H. The number of nitriles is 1. The fourth-order valence-electron chi connectivity index (χ4n) is 0.682. The van der Waals surface area contributed by atoms with Gasteiger partial charge in [-0.25, -0.2) is 4.98 Å². The number of rotatable bonds is 1. The zero-order chi connectivity index (χ0) is 8.97. The van der Waals surface area contributed by atoms with Crippen molar-refractivity contribution in [3.05, 3.63) is 34.3 Å². The van der Waals surface area contributed by atoms with E-state index in [4.69, 9.17) is 5.26 Å². The molecular formula is C8H4BrFN2. The number of pyridine rings is 1. The third-order valence-electron chi connectivity index (χ3n) is 1.17. The minimum absolute atomic E-state index is 0.297. The maximum absolute atomic E-state index is 12.8. The van der Waals surface area contributed by atoms with Crippen LogP contribution in [0, 0.1) is 17.3 Å². The first kappa shape index (κ1) is 8.88. The summed E-state index contributed by atoms with van der Waals surface area (Å²) >= 11 is 3.14. The third-order valence-corrected chi connectivity index (χ3v) is 1.60. The minimum atomic E-state index is -0.579. The van der Waals surface area contributed by atoms with E-state index >= 15 is 0 Å². The molecule has 0 aliphatic rings. The van der Waals surface area contributed by atoms with Gasteiger partial charge in [-0.2, -0.15) is 9.65 Å². The van der Waals surface area contributed by atoms with Crippen LogP contribution >= 0.6 is 15.9 Å². The van der Waals surface area contributed by atoms with Crippen molar-refractivity contribution >= 4 is 22.0 Å². The van der Waals surface area contributed by atoms with Crippen molar-refractivity contribution in [3.63, 3.8) is 0 Å². The molecule has 0 bridgehead atoms. The van der Waals surface area contributed by atoms with Crippen molar-refractivity contribution in [2.75, 3.05) is 0 Å². The van der Waals surface area contributed by atoms with Crippen molar-refractivity contribution in [1.29, 1.82) is 5.26 Å². The van der Waals surface area contributed by atoms with Gasteiger partial charge in [0.25, 0.3) is 0 Å². The van der Waals surface area contributed by atoms with Crippen LogP contribution in [0.3, 0.4) is 0 Å². The lowest BCUT2D eigenvalue weighted by atomic mass is 10.2. The maximum atomic E-state index is 12.8. The molecule has 2 nitrogen and oxygen atoms in total. The summed E-state index contributed by atoms with van der Waals surface area (Å²) in [4.78, 5) is 3.46. The SMILES string of the molecule is N#CC=Cc1cc(Br)cnc1F. The number of aromatic nitrogens is 1. The van der Waals surface area contributed by atoms with E-state index < -0.39 is 5.95 Å². The summed E-state index contributed by atoms with van der Waals surface area (Å²) < 4.78 is 13.5. The maximum Gasteiger partial charge on any atom is 0.220 e. The number of allylic oxidation sites excluding steroid dienone is 1. The van der Waals surface area contributed by atoms with Crippen LogP contribution in [0.15, 0.2) is 22.8 Å². The monoisotopic (exact) mass is 226 g/mol. The summed E-state index contributed by atoms with van der Waals surface area (Å²) in [5.74, 6) is -0.579. The molecule has 0 N–H and O–H groups in total. The van der Waals surface area contributed by atoms with Gasteiger partial charge in [-0.3, -0.25) is 0 Å². The third kappa shape index (κ3) is 2.14. The molecule has 1 heterocycles. The first-order valence-corrected chi connectivity index (χ1v) is 3.90. The van der Waals surface area contributed by atoms with Crippen LogP contribution < -0.4 is 0 Å². The topological polar surface area (TPSA) is 36.7 Å². The molecule has 60 valence electrons. The van der Waals surface area contributed by atoms with Gasteiger partial charge in [-0.05, 0) is 28.1 Å². The van der Waals surface area contributed by atoms with E-state index in [1.54, 1.807) is 12.1 Å². The van der Waals surface area contributed by atoms with E-state index in [1.165, 1.54) is 18.3 Å². The first-order valence-electron chi connectivity index (χ1n) is 3.11. The van der Waals surface area contributed by atoms with Gasteiger partial charge >= 0.3 is 0 Å². The Labute approximate surface area is 77.5 Å². The summed E-state index contributed by atoms with van der Waals surface area (Å²) in [6.45, 7) is 0. The molecule has 0 atom stereocenters. The van der Waals surface area contributed by atoms with Crippen molar-refractivity contribution in [2.24, 2.45) is 0 Å². The normalized spacial score (nSPS) is 10.1.